The minimum absolute atomic E-state index is 0.0563. The van der Waals surface area contributed by atoms with Crippen LogP contribution in [0.2, 0.25) is 5.02 Å². The highest BCUT2D eigenvalue weighted by molar-refractivity contribution is 6.31. The molecule has 1 aliphatic rings. The Balaban J connectivity index is 1.51. The highest BCUT2D eigenvalue weighted by atomic mass is 35.5. The second-order valence-electron chi connectivity index (χ2n) is 6.40. The maximum atomic E-state index is 13.6. The molecule has 0 saturated carbocycles. The van der Waals surface area contributed by atoms with Gasteiger partial charge in [0, 0.05) is 31.1 Å². The van der Waals surface area contributed by atoms with E-state index in [0.29, 0.717) is 36.6 Å². The first kappa shape index (κ1) is 18.4. The molecule has 0 radical (unpaired) electrons. The van der Waals surface area contributed by atoms with E-state index in [1.165, 1.54) is 6.07 Å². The van der Waals surface area contributed by atoms with Crippen LogP contribution in [0.3, 0.4) is 0 Å². The lowest BCUT2D eigenvalue weighted by molar-refractivity contribution is -0.129. The van der Waals surface area contributed by atoms with Gasteiger partial charge in [0.25, 0.3) is 0 Å². The predicted octanol–water partition coefficient (Wildman–Crippen LogP) is 3.19. The van der Waals surface area contributed by atoms with Crippen LogP contribution in [-0.2, 0) is 22.6 Å². The van der Waals surface area contributed by atoms with Crippen molar-refractivity contribution in [2.45, 2.75) is 19.4 Å². The zero-order valence-corrected chi connectivity index (χ0v) is 15.0. The maximum Gasteiger partial charge on any atom is 0.225 e. The summed E-state index contributed by atoms with van der Waals surface area (Å²) in [5, 5.41) is 3.42. The molecule has 26 heavy (non-hydrogen) atoms. The van der Waals surface area contributed by atoms with Crippen molar-refractivity contribution in [2.75, 3.05) is 13.1 Å². The molecule has 1 aliphatic heterocycles. The van der Waals surface area contributed by atoms with Crippen molar-refractivity contribution in [2.24, 2.45) is 5.92 Å². The van der Waals surface area contributed by atoms with Crippen LogP contribution in [0.4, 0.5) is 4.39 Å². The molecule has 3 rings (SSSR count). The van der Waals surface area contributed by atoms with Gasteiger partial charge < -0.3 is 10.2 Å². The molecule has 0 bridgehead atoms. The molecular formula is C20H20ClFN2O2. The summed E-state index contributed by atoms with van der Waals surface area (Å²) in [7, 11) is 0. The Labute approximate surface area is 157 Å². The molecule has 2 aromatic rings. The van der Waals surface area contributed by atoms with Crippen molar-refractivity contribution in [3.05, 3.63) is 70.5 Å². The monoisotopic (exact) mass is 374 g/mol. The Morgan fingerprint density at radius 3 is 2.58 bits per heavy atom. The zero-order valence-electron chi connectivity index (χ0n) is 14.3. The first-order chi connectivity index (χ1) is 12.5. The Morgan fingerprint density at radius 2 is 1.85 bits per heavy atom. The normalized spacial score (nSPS) is 16.8. The fourth-order valence-corrected chi connectivity index (χ4v) is 3.29. The number of halogens is 2. The predicted molar refractivity (Wildman–Crippen MR) is 98.1 cm³/mol. The first-order valence-electron chi connectivity index (χ1n) is 8.57. The lowest BCUT2D eigenvalue weighted by atomic mass is 10.1. The highest BCUT2D eigenvalue weighted by Gasteiger charge is 2.34. The molecule has 1 unspecified atom stereocenters. The number of likely N-dealkylation sites (tertiary alicyclic amines) is 1. The number of amides is 2. The van der Waals surface area contributed by atoms with E-state index in [2.05, 4.69) is 5.32 Å². The van der Waals surface area contributed by atoms with Crippen LogP contribution in [0.1, 0.15) is 17.5 Å². The van der Waals surface area contributed by atoms with Gasteiger partial charge in [-0.3, -0.25) is 9.59 Å². The number of carbonyl (C=O) groups excluding carboxylic acids is 2. The van der Waals surface area contributed by atoms with Crippen molar-refractivity contribution in [1.29, 1.82) is 0 Å². The quantitative estimate of drug-likeness (QED) is 0.844. The second-order valence-corrected chi connectivity index (χ2v) is 6.81. The maximum absolute atomic E-state index is 13.6. The summed E-state index contributed by atoms with van der Waals surface area (Å²) in [6.07, 6.45) is 0.610. The van der Waals surface area contributed by atoms with Crippen LogP contribution in [0.15, 0.2) is 48.5 Å². The Hall–Kier alpha value is -2.40. The Kier molecular flexibility index (Phi) is 5.89. The molecule has 1 fully saturated rings. The van der Waals surface area contributed by atoms with Crippen molar-refractivity contribution in [3.63, 3.8) is 0 Å². The standard InChI is InChI=1S/C20H20ClFN2O2/c21-17-7-3-1-6-15(17)12-24-13-16(11-19(24)25)20(26)23-10-9-14-5-2-4-8-18(14)22/h1-8,16H,9-13H2,(H,23,26). The zero-order chi connectivity index (χ0) is 18.5. The van der Waals surface area contributed by atoms with E-state index in [4.69, 9.17) is 11.6 Å². The third kappa shape index (κ3) is 4.41. The van der Waals surface area contributed by atoms with Crippen LogP contribution < -0.4 is 5.32 Å². The largest absolute Gasteiger partial charge is 0.355 e. The fourth-order valence-electron chi connectivity index (χ4n) is 3.10. The van der Waals surface area contributed by atoms with E-state index in [9.17, 15) is 14.0 Å². The number of benzene rings is 2. The molecule has 0 spiro atoms. The summed E-state index contributed by atoms with van der Waals surface area (Å²) in [5.74, 6) is -0.884. The lowest BCUT2D eigenvalue weighted by Crippen LogP contribution is -2.34. The van der Waals surface area contributed by atoms with Crippen molar-refractivity contribution < 1.29 is 14.0 Å². The summed E-state index contributed by atoms with van der Waals surface area (Å²) < 4.78 is 13.6. The van der Waals surface area contributed by atoms with Crippen LogP contribution in [-0.4, -0.2) is 29.8 Å². The molecule has 0 aliphatic carbocycles. The van der Waals surface area contributed by atoms with E-state index in [0.717, 1.165) is 5.56 Å². The van der Waals surface area contributed by atoms with Gasteiger partial charge in [-0.25, -0.2) is 4.39 Å². The fraction of sp³-hybridized carbons (Fsp3) is 0.300. The molecule has 0 aromatic heterocycles. The molecule has 136 valence electrons. The molecule has 6 heteroatoms. The summed E-state index contributed by atoms with van der Waals surface area (Å²) in [6, 6.07) is 13.9. The second kappa shape index (κ2) is 8.32. The number of rotatable bonds is 6. The van der Waals surface area contributed by atoms with E-state index < -0.39 is 0 Å². The minimum atomic E-state index is -0.384. The van der Waals surface area contributed by atoms with Gasteiger partial charge in [0.1, 0.15) is 5.82 Å². The van der Waals surface area contributed by atoms with Gasteiger partial charge >= 0.3 is 0 Å². The highest BCUT2D eigenvalue weighted by Crippen LogP contribution is 2.23. The minimum Gasteiger partial charge on any atom is -0.355 e. The molecule has 1 atom stereocenters. The molecule has 2 aromatic carbocycles. The summed E-state index contributed by atoms with van der Waals surface area (Å²) in [6.45, 7) is 1.11. The molecule has 1 N–H and O–H groups in total. The van der Waals surface area contributed by atoms with Crippen molar-refractivity contribution in [3.8, 4) is 0 Å². The van der Waals surface area contributed by atoms with E-state index in [1.807, 2.05) is 18.2 Å². The van der Waals surface area contributed by atoms with E-state index in [-0.39, 0.29) is 30.0 Å². The molecule has 4 nitrogen and oxygen atoms in total. The van der Waals surface area contributed by atoms with Crippen LogP contribution in [0.25, 0.3) is 0 Å². The van der Waals surface area contributed by atoms with Gasteiger partial charge in [-0.05, 0) is 29.7 Å². The number of nitrogens with zero attached hydrogens (tertiary/aromatic N) is 1. The number of hydrogen-bond donors (Lipinski definition) is 1. The van der Waals surface area contributed by atoms with Gasteiger partial charge in [0.2, 0.25) is 11.8 Å². The summed E-state index contributed by atoms with van der Waals surface area (Å²) in [5.41, 5.74) is 1.43. The number of hydrogen-bond acceptors (Lipinski definition) is 2. The van der Waals surface area contributed by atoms with Gasteiger partial charge in [0.05, 0.1) is 5.92 Å². The number of carbonyl (C=O) groups is 2. The van der Waals surface area contributed by atoms with Crippen LogP contribution in [0.5, 0.6) is 0 Å². The number of nitrogens with one attached hydrogen (secondary N) is 1. The van der Waals surface area contributed by atoms with Gasteiger partial charge in [-0.2, -0.15) is 0 Å². The SMILES string of the molecule is O=C(NCCc1ccccc1F)C1CC(=O)N(Cc2ccccc2Cl)C1. The summed E-state index contributed by atoms with van der Waals surface area (Å²) >= 11 is 6.14. The Morgan fingerprint density at radius 1 is 1.15 bits per heavy atom. The lowest BCUT2D eigenvalue weighted by Gasteiger charge is -2.17. The topological polar surface area (TPSA) is 49.4 Å². The third-order valence-electron chi connectivity index (χ3n) is 4.56. The average Bonchev–Trinajstić information content (AvgIpc) is 2.99. The van der Waals surface area contributed by atoms with Gasteiger partial charge in [-0.1, -0.05) is 48.0 Å². The average molecular weight is 375 g/mol. The first-order valence-corrected chi connectivity index (χ1v) is 8.94. The van der Waals surface area contributed by atoms with Crippen molar-refractivity contribution >= 4 is 23.4 Å². The van der Waals surface area contributed by atoms with E-state index >= 15 is 0 Å². The van der Waals surface area contributed by atoms with Gasteiger partial charge in [0.15, 0.2) is 0 Å². The van der Waals surface area contributed by atoms with Crippen molar-refractivity contribution in [1.82, 2.24) is 10.2 Å². The smallest absolute Gasteiger partial charge is 0.225 e. The van der Waals surface area contributed by atoms with Crippen LogP contribution >= 0.6 is 11.6 Å². The van der Waals surface area contributed by atoms with Gasteiger partial charge in [-0.15, -0.1) is 0 Å². The van der Waals surface area contributed by atoms with E-state index in [1.54, 1.807) is 29.2 Å². The molecule has 2 amide bonds. The Bertz CT molecular complexity index is 812. The van der Waals surface area contributed by atoms with Crippen LogP contribution in [0, 0.1) is 11.7 Å². The molecular weight excluding hydrogens is 355 g/mol. The molecule has 1 heterocycles. The summed E-state index contributed by atoms with van der Waals surface area (Å²) in [4.78, 5) is 26.2. The molecule has 1 saturated heterocycles. The third-order valence-corrected chi connectivity index (χ3v) is 4.92.